The number of nitrogens with one attached hydrogen (secondary N) is 4. The lowest BCUT2D eigenvalue weighted by Gasteiger charge is -2.19. The van der Waals surface area contributed by atoms with Crippen molar-refractivity contribution in [3.63, 3.8) is 0 Å². The molecule has 5 aromatic carbocycles. The summed E-state index contributed by atoms with van der Waals surface area (Å²) >= 11 is 24.4. The maximum absolute atomic E-state index is 13.7. The summed E-state index contributed by atoms with van der Waals surface area (Å²) in [7, 11) is 0. The van der Waals surface area contributed by atoms with Gasteiger partial charge in [-0.3, -0.25) is 28.8 Å². The molecule has 0 aliphatic rings. The lowest BCUT2D eigenvalue weighted by molar-refractivity contribution is -0.127. The normalized spacial score (nSPS) is 12.0. The van der Waals surface area contributed by atoms with Gasteiger partial charge >= 0.3 is 0 Å². The molecule has 0 saturated carbocycles. The van der Waals surface area contributed by atoms with Gasteiger partial charge in [0.05, 0.1) is 34.6 Å². The van der Waals surface area contributed by atoms with E-state index in [4.69, 9.17) is 55.9 Å². The van der Waals surface area contributed by atoms with Crippen molar-refractivity contribution < 1.29 is 38.2 Å². The highest BCUT2D eigenvalue weighted by Gasteiger charge is 2.28. The summed E-state index contributed by atoms with van der Waals surface area (Å²) in [6.45, 7) is 5.85. The number of benzene rings is 5. The molecule has 0 spiro atoms. The Labute approximate surface area is 399 Å². The molecule has 4 N–H and O–H groups in total. The van der Waals surface area contributed by atoms with Crippen LogP contribution in [0.4, 0.5) is 34.1 Å². The van der Waals surface area contributed by atoms with Gasteiger partial charge in [0.2, 0.25) is 12.1 Å². The Morgan fingerprint density at radius 1 is 0.530 bits per heavy atom. The number of Topliss-reactive ketones (excluding diaryl/α,β-unsaturated/α-hetero) is 2. The van der Waals surface area contributed by atoms with Crippen LogP contribution in [0.1, 0.15) is 59.5 Å². The van der Waals surface area contributed by atoms with Crippen LogP contribution in [-0.4, -0.2) is 60.5 Å². The topological polar surface area (TPSA) is 218 Å². The lowest BCUT2D eigenvalue weighted by Crippen LogP contribution is -2.32. The van der Waals surface area contributed by atoms with E-state index in [-0.39, 0.29) is 68.6 Å². The van der Waals surface area contributed by atoms with E-state index in [1.165, 1.54) is 48.5 Å². The predicted octanol–water partition coefficient (Wildman–Crippen LogP) is 11.1. The molecule has 342 valence electrons. The van der Waals surface area contributed by atoms with E-state index in [0.717, 1.165) is 25.0 Å². The maximum Gasteiger partial charge on any atom is 0.258 e. The summed E-state index contributed by atoms with van der Waals surface area (Å²) < 4.78 is 11.6. The van der Waals surface area contributed by atoms with E-state index in [1.807, 2.05) is 0 Å². The molecule has 16 nitrogen and oxygen atoms in total. The molecule has 2 unspecified atom stereocenters. The van der Waals surface area contributed by atoms with Crippen LogP contribution < -0.4 is 30.7 Å². The number of carbonyl (C=O) groups is 6. The number of anilines is 4. The molecular weight excluding hydrogens is 934 g/mol. The van der Waals surface area contributed by atoms with Crippen molar-refractivity contribution in [2.75, 3.05) is 34.5 Å². The molecule has 2 atom stereocenters. The van der Waals surface area contributed by atoms with Crippen molar-refractivity contribution in [2.45, 2.75) is 51.5 Å². The van der Waals surface area contributed by atoms with Crippen LogP contribution in [0, 0.1) is 0 Å². The van der Waals surface area contributed by atoms with E-state index < -0.39 is 47.3 Å². The van der Waals surface area contributed by atoms with Crippen LogP contribution in [0.5, 0.6) is 11.5 Å². The number of hydrogen-bond donors (Lipinski definition) is 4. The summed E-state index contributed by atoms with van der Waals surface area (Å²) in [5, 5.41) is 27.0. The van der Waals surface area contributed by atoms with Crippen LogP contribution >= 0.6 is 46.4 Å². The van der Waals surface area contributed by atoms with Crippen LogP contribution in [-0.2, 0) is 30.9 Å². The standard InChI is InChI=1S/C46H42Cl4N8O8/c1-5-65-39-21-38(54-46(64)42(26(4)60)58-56-36-20-30(12-18-34(36)50)44(62)52-32-15-9-28(24-48)10-16-32)40(66-6-2)22-37(39)53-45(63)41(25(3)59)57-55-35-19-29(11-17-33(35)49)43(61)51-31-13-7-27(23-47)8-14-31/h7-22,41-42H,5-6,23-24H2,1-4H3,(H,51,61)(H,52,62)(H,53,63)(H,54,64). The average molecular weight is 977 g/mol. The Balaban J connectivity index is 1.33. The number of halogens is 4. The Morgan fingerprint density at radius 3 is 1.21 bits per heavy atom. The highest BCUT2D eigenvalue weighted by molar-refractivity contribution is 6.33. The quantitative estimate of drug-likeness (QED) is 0.0333. The van der Waals surface area contributed by atoms with Crippen LogP contribution in [0.2, 0.25) is 10.0 Å². The van der Waals surface area contributed by atoms with Gasteiger partial charge in [0, 0.05) is 46.4 Å². The molecule has 0 aliphatic carbocycles. The van der Waals surface area contributed by atoms with Crippen molar-refractivity contribution in [3.05, 3.63) is 129 Å². The highest BCUT2D eigenvalue weighted by atomic mass is 35.5. The molecule has 66 heavy (non-hydrogen) atoms. The fraction of sp³-hybridized carbons (Fsp3) is 0.217. The van der Waals surface area contributed by atoms with Crippen molar-refractivity contribution in [2.24, 2.45) is 20.5 Å². The van der Waals surface area contributed by atoms with Gasteiger partial charge in [0.15, 0.2) is 11.6 Å². The zero-order valence-electron chi connectivity index (χ0n) is 35.8. The smallest absolute Gasteiger partial charge is 0.258 e. The van der Waals surface area contributed by atoms with E-state index in [1.54, 1.807) is 62.4 Å². The monoisotopic (exact) mass is 974 g/mol. The summed E-state index contributed by atoms with van der Waals surface area (Å²) in [4.78, 5) is 78.9. The molecule has 0 aromatic heterocycles. The molecule has 4 amide bonds. The number of ketones is 2. The van der Waals surface area contributed by atoms with Crippen LogP contribution in [0.25, 0.3) is 0 Å². The van der Waals surface area contributed by atoms with Crippen molar-refractivity contribution >= 4 is 116 Å². The second-order valence-electron chi connectivity index (χ2n) is 14.0. The second-order valence-corrected chi connectivity index (χ2v) is 15.4. The lowest BCUT2D eigenvalue weighted by atomic mass is 10.1. The molecule has 0 fully saturated rings. The van der Waals surface area contributed by atoms with Gasteiger partial charge in [-0.25, -0.2) is 0 Å². The van der Waals surface area contributed by atoms with E-state index >= 15 is 0 Å². The molecule has 20 heteroatoms. The zero-order valence-corrected chi connectivity index (χ0v) is 38.8. The third-order valence-electron chi connectivity index (χ3n) is 9.17. The number of amides is 4. The Morgan fingerprint density at radius 2 is 0.894 bits per heavy atom. The second kappa shape index (κ2) is 24.0. The molecule has 0 radical (unpaired) electrons. The first-order valence-electron chi connectivity index (χ1n) is 20.0. The SMILES string of the molecule is CCOc1cc(NC(=O)C(N=Nc2cc(C(=O)Nc3ccc(CCl)cc3)ccc2Cl)C(C)=O)c(OCC)cc1NC(=O)C(N=Nc1cc(C(=O)Nc2ccc(CCl)cc2)ccc1Cl)C(C)=O. The number of azo groups is 2. The van der Waals surface area contributed by atoms with Gasteiger partial charge < -0.3 is 30.7 Å². The van der Waals surface area contributed by atoms with E-state index in [9.17, 15) is 28.8 Å². The molecule has 0 aliphatic heterocycles. The molecule has 0 saturated heterocycles. The fourth-order valence-corrected chi connectivity index (χ4v) is 6.47. The summed E-state index contributed by atoms with van der Waals surface area (Å²) in [6.07, 6.45) is 0. The largest absolute Gasteiger partial charge is 0.492 e. The summed E-state index contributed by atoms with van der Waals surface area (Å²) in [5.74, 6) is -3.40. The number of hydrogen-bond acceptors (Lipinski definition) is 12. The number of nitrogens with zero attached hydrogens (tertiary/aromatic N) is 4. The number of alkyl halides is 2. The first-order chi connectivity index (χ1) is 31.6. The van der Waals surface area contributed by atoms with Crippen LogP contribution in [0.3, 0.4) is 0 Å². The molecule has 0 bridgehead atoms. The van der Waals surface area contributed by atoms with E-state index in [0.29, 0.717) is 23.1 Å². The minimum Gasteiger partial charge on any atom is -0.492 e. The van der Waals surface area contributed by atoms with Crippen molar-refractivity contribution in [3.8, 4) is 11.5 Å². The first kappa shape index (κ1) is 50.3. The molecule has 0 heterocycles. The first-order valence-corrected chi connectivity index (χ1v) is 21.9. The maximum atomic E-state index is 13.7. The van der Waals surface area contributed by atoms with Crippen molar-refractivity contribution in [1.82, 2.24) is 0 Å². The number of ether oxygens (including phenoxy) is 2. The zero-order chi connectivity index (χ0) is 47.9. The van der Waals surface area contributed by atoms with E-state index in [2.05, 4.69) is 41.7 Å². The molecule has 5 rings (SSSR count). The van der Waals surface area contributed by atoms with Gasteiger partial charge in [-0.1, -0.05) is 47.5 Å². The van der Waals surface area contributed by atoms with Gasteiger partial charge in [0.25, 0.3) is 23.6 Å². The molecule has 5 aromatic rings. The van der Waals surface area contributed by atoms with Gasteiger partial charge in [-0.2, -0.15) is 20.5 Å². The Kier molecular flexibility index (Phi) is 18.3. The minimum atomic E-state index is -1.68. The Bertz CT molecular complexity index is 2500. The predicted molar refractivity (Wildman–Crippen MR) is 255 cm³/mol. The number of carbonyl (C=O) groups excluding carboxylic acids is 6. The highest BCUT2D eigenvalue weighted by Crippen LogP contribution is 2.38. The third kappa shape index (κ3) is 13.7. The molecular formula is C46H42Cl4N8O8. The van der Waals surface area contributed by atoms with Crippen LogP contribution in [0.15, 0.2) is 118 Å². The fourth-order valence-electron chi connectivity index (χ4n) is 5.81. The minimum absolute atomic E-state index is 0.0165. The van der Waals surface area contributed by atoms with Gasteiger partial charge in [-0.15, -0.1) is 23.2 Å². The average Bonchev–Trinajstić information content (AvgIpc) is 3.29. The van der Waals surface area contributed by atoms with Crippen molar-refractivity contribution in [1.29, 1.82) is 0 Å². The third-order valence-corrected chi connectivity index (χ3v) is 10.4. The van der Waals surface area contributed by atoms with Gasteiger partial charge in [0.1, 0.15) is 22.9 Å². The number of rotatable bonds is 20. The van der Waals surface area contributed by atoms with Gasteiger partial charge in [-0.05, 0) is 99.5 Å². The summed E-state index contributed by atoms with van der Waals surface area (Å²) in [5.41, 5.74) is 3.26. The Hall–Kier alpha value is -6.72. The summed E-state index contributed by atoms with van der Waals surface area (Å²) in [6, 6.07) is 21.8.